The standard InChI is InChI=1S/C87H170O17P2/c1-6-9-12-15-18-20-22-24-26-28-30-31-32-33-35-41-45-49-53-58-63-68-73-87(92)104-83(77-98-85(90)71-66-61-56-51-47-43-39-37-36-38-42-46-50-55-59-64-69-80(4)5)79-102-106(95,96)100-75-81(88)74-99-105(93,94)101-78-82(76-97-84(89)70-65-60-54-17-14-11-8-3)103-86(91)72-67-62-57-52-48-44-40-34-29-27-25-23-21-19-16-13-10-7-2/h80-83,88H,6-79H2,1-5H3,(H,93,94)(H,95,96)/t81-,82+,83+/m0/s1. The maximum absolute atomic E-state index is 13.1. The number of hydrogen-bond donors (Lipinski definition) is 3. The molecule has 0 saturated heterocycles. The minimum Gasteiger partial charge on any atom is -0.462 e. The number of ether oxygens (including phenoxy) is 4. The van der Waals surface area contributed by atoms with Gasteiger partial charge in [-0.2, -0.15) is 0 Å². The molecule has 0 aliphatic carbocycles. The molecular weight excluding hydrogens is 1380 g/mol. The van der Waals surface area contributed by atoms with E-state index in [-0.39, 0.29) is 25.7 Å². The summed E-state index contributed by atoms with van der Waals surface area (Å²) in [6, 6.07) is 0. The van der Waals surface area contributed by atoms with E-state index in [1.807, 2.05) is 0 Å². The lowest BCUT2D eigenvalue weighted by molar-refractivity contribution is -0.161. The quantitative estimate of drug-likeness (QED) is 0.0222. The molecule has 0 aromatic rings. The first-order chi connectivity index (χ1) is 51.5. The van der Waals surface area contributed by atoms with Gasteiger partial charge < -0.3 is 33.8 Å². The predicted molar refractivity (Wildman–Crippen MR) is 437 cm³/mol. The lowest BCUT2D eigenvalue weighted by Gasteiger charge is -2.21. The number of aliphatic hydroxyl groups excluding tert-OH is 1. The lowest BCUT2D eigenvalue weighted by atomic mass is 10.0. The number of carbonyl (C=O) groups excluding carboxylic acids is 4. The molecule has 0 spiro atoms. The highest BCUT2D eigenvalue weighted by molar-refractivity contribution is 7.47. The van der Waals surface area contributed by atoms with Crippen molar-refractivity contribution in [2.24, 2.45) is 5.92 Å². The minimum atomic E-state index is -4.96. The van der Waals surface area contributed by atoms with Crippen LogP contribution in [0.4, 0.5) is 0 Å². The van der Waals surface area contributed by atoms with Gasteiger partial charge in [0, 0.05) is 25.7 Å². The Morgan fingerprint density at radius 3 is 0.642 bits per heavy atom. The second-order valence-corrected chi connectivity index (χ2v) is 34.7. The van der Waals surface area contributed by atoms with Crippen molar-refractivity contribution in [2.45, 2.75) is 490 Å². The third-order valence-electron chi connectivity index (χ3n) is 20.5. The third kappa shape index (κ3) is 80.1. The van der Waals surface area contributed by atoms with Gasteiger partial charge in [-0.05, 0) is 31.6 Å². The first-order valence-electron chi connectivity index (χ1n) is 45.1. The number of phosphoric ester groups is 2. The van der Waals surface area contributed by atoms with Crippen LogP contribution in [0.3, 0.4) is 0 Å². The fourth-order valence-electron chi connectivity index (χ4n) is 13.6. The summed E-state index contributed by atoms with van der Waals surface area (Å²) in [6.07, 6.45) is 73.9. The Morgan fingerprint density at radius 1 is 0.255 bits per heavy atom. The number of rotatable bonds is 87. The molecular formula is C87H170O17P2. The minimum absolute atomic E-state index is 0.109. The maximum Gasteiger partial charge on any atom is 0.472 e. The highest BCUT2D eigenvalue weighted by Crippen LogP contribution is 2.45. The number of unbranched alkanes of at least 4 members (excludes halogenated alkanes) is 59. The summed E-state index contributed by atoms with van der Waals surface area (Å²) < 4.78 is 68.8. The molecule has 5 atom stereocenters. The van der Waals surface area contributed by atoms with Crippen molar-refractivity contribution < 1.29 is 80.2 Å². The van der Waals surface area contributed by atoms with Gasteiger partial charge >= 0.3 is 39.5 Å². The molecule has 0 heterocycles. The molecule has 0 radical (unpaired) electrons. The molecule has 0 amide bonds. The van der Waals surface area contributed by atoms with Crippen LogP contribution in [0.15, 0.2) is 0 Å². The molecule has 630 valence electrons. The SMILES string of the molecule is CCCCCCCCCCCCCCCCCCCCCCCCC(=O)O[C@H](COC(=O)CCCCCCCCCCCCCCCCCCC(C)C)COP(=O)(O)OC[C@@H](O)COP(=O)(O)OC[C@@H](COC(=O)CCCCCCCCC)OC(=O)CCCCCCCCCCCCCCCCCCCC. The zero-order chi connectivity index (χ0) is 77.6. The molecule has 3 N–H and O–H groups in total. The second kappa shape index (κ2) is 79.7. The van der Waals surface area contributed by atoms with E-state index in [1.165, 1.54) is 283 Å². The van der Waals surface area contributed by atoms with Crippen LogP contribution in [0.2, 0.25) is 0 Å². The molecule has 0 rings (SSSR count). The average Bonchev–Trinajstić information content (AvgIpc) is 0.899. The lowest BCUT2D eigenvalue weighted by Crippen LogP contribution is -2.30. The van der Waals surface area contributed by atoms with Crippen molar-refractivity contribution in [3.63, 3.8) is 0 Å². The highest BCUT2D eigenvalue weighted by Gasteiger charge is 2.30. The molecule has 0 aromatic carbocycles. The van der Waals surface area contributed by atoms with Crippen molar-refractivity contribution in [1.29, 1.82) is 0 Å². The molecule has 19 heteroatoms. The first-order valence-corrected chi connectivity index (χ1v) is 48.1. The van der Waals surface area contributed by atoms with Crippen LogP contribution in [-0.4, -0.2) is 96.7 Å². The van der Waals surface area contributed by atoms with E-state index >= 15 is 0 Å². The van der Waals surface area contributed by atoms with E-state index in [2.05, 4.69) is 34.6 Å². The normalized spacial score (nSPS) is 13.7. The Bertz CT molecular complexity index is 2010. The van der Waals surface area contributed by atoms with Gasteiger partial charge in [0.15, 0.2) is 12.2 Å². The monoisotopic (exact) mass is 1550 g/mol. The van der Waals surface area contributed by atoms with E-state index < -0.39 is 97.5 Å². The zero-order valence-electron chi connectivity index (χ0n) is 69.6. The molecule has 17 nitrogen and oxygen atoms in total. The van der Waals surface area contributed by atoms with Gasteiger partial charge in [0.2, 0.25) is 0 Å². The highest BCUT2D eigenvalue weighted by atomic mass is 31.2. The number of aliphatic hydroxyl groups is 1. The summed E-state index contributed by atoms with van der Waals surface area (Å²) in [5.41, 5.74) is 0. The fraction of sp³-hybridized carbons (Fsp3) is 0.954. The fourth-order valence-corrected chi connectivity index (χ4v) is 15.2. The number of phosphoric acid groups is 2. The smallest absolute Gasteiger partial charge is 0.462 e. The molecule has 0 saturated carbocycles. The van der Waals surface area contributed by atoms with Gasteiger partial charge in [0.25, 0.3) is 0 Å². The Hall–Kier alpha value is -1.94. The van der Waals surface area contributed by atoms with Crippen LogP contribution in [0, 0.1) is 5.92 Å². The molecule has 0 bridgehead atoms. The molecule has 106 heavy (non-hydrogen) atoms. The summed E-state index contributed by atoms with van der Waals surface area (Å²) in [4.78, 5) is 73.1. The Kier molecular flexibility index (Phi) is 78.2. The van der Waals surface area contributed by atoms with E-state index in [9.17, 15) is 43.2 Å². The van der Waals surface area contributed by atoms with Crippen LogP contribution in [0.25, 0.3) is 0 Å². The largest absolute Gasteiger partial charge is 0.472 e. The van der Waals surface area contributed by atoms with Crippen molar-refractivity contribution in [1.82, 2.24) is 0 Å². The number of esters is 4. The van der Waals surface area contributed by atoms with Gasteiger partial charge in [0.1, 0.15) is 19.3 Å². The van der Waals surface area contributed by atoms with Gasteiger partial charge in [-0.3, -0.25) is 37.3 Å². The zero-order valence-corrected chi connectivity index (χ0v) is 71.4. The van der Waals surface area contributed by atoms with Crippen LogP contribution < -0.4 is 0 Å². The van der Waals surface area contributed by atoms with Crippen molar-refractivity contribution in [2.75, 3.05) is 39.6 Å². The first kappa shape index (κ1) is 104. The summed E-state index contributed by atoms with van der Waals surface area (Å²) in [6.45, 7) is 7.36. The average molecular weight is 1550 g/mol. The summed E-state index contributed by atoms with van der Waals surface area (Å²) in [5.74, 6) is -1.29. The molecule has 2 unspecified atom stereocenters. The Morgan fingerprint density at radius 2 is 0.434 bits per heavy atom. The van der Waals surface area contributed by atoms with Gasteiger partial charge in [-0.1, -0.05) is 420 Å². The van der Waals surface area contributed by atoms with Crippen molar-refractivity contribution >= 4 is 39.5 Å². The second-order valence-electron chi connectivity index (χ2n) is 31.8. The van der Waals surface area contributed by atoms with Crippen LogP contribution in [0.1, 0.15) is 471 Å². The molecule has 0 aliphatic rings. The summed E-state index contributed by atoms with van der Waals surface area (Å²) in [5, 5.41) is 10.7. The van der Waals surface area contributed by atoms with Crippen molar-refractivity contribution in [3.05, 3.63) is 0 Å². The number of hydrogen-bond acceptors (Lipinski definition) is 15. The van der Waals surface area contributed by atoms with Gasteiger partial charge in [-0.25, -0.2) is 9.13 Å². The van der Waals surface area contributed by atoms with E-state index in [0.29, 0.717) is 25.7 Å². The molecule has 0 fully saturated rings. The Labute approximate surface area is 651 Å². The van der Waals surface area contributed by atoms with Crippen LogP contribution >= 0.6 is 15.6 Å². The summed E-state index contributed by atoms with van der Waals surface area (Å²) in [7, 11) is -9.92. The third-order valence-corrected chi connectivity index (χ3v) is 22.4. The topological polar surface area (TPSA) is 237 Å². The van der Waals surface area contributed by atoms with E-state index in [0.717, 1.165) is 109 Å². The Balaban J connectivity index is 5.15. The van der Waals surface area contributed by atoms with Gasteiger partial charge in [0.05, 0.1) is 26.4 Å². The molecule has 0 aromatic heterocycles. The maximum atomic E-state index is 13.1. The van der Waals surface area contributed by atoms with E-state index in [4.69, 9.17) is 37.0 Å². The van der Waals surface area contributed by atoms with Gasteiger partial charge in [-0.15, -0.1) is 0 Å². The summed E-state index contributed by atoms with van der Waals surface area (Å²) >= 11 is 0. The van der Waals surface area contributed by atoms with Crippen LogP contribution in [0.5, 0.6) is 0 Å². The van der Waals surface area contributed by atoms with E-state index in [1.54, 1.807) is 0 Å². The predicted octanol–water partition coefficient (Wildman–Crippen LogP) is 26.8. The molecule has 0 aliphatic heterocycles. The van der Waals surface area contributed by atoms with Crippen molar-refractivity contribution in [3.8, 4) is 0 Å². The van der Waals surface area contributed by atoms with Crippen LogP contribution in [-0.2, 0) is 65.4 Å². The number of carbonyl (C=O) groups is 4.